The number of nitrogens with two attached hydrogens (primary N) is 1. The highest BCUT2D eigenvalue weighted by Crippen LogP contribution is 2.20. The fourth-order valence-electron chi connectivity index (χ4n) is 3.10. The Morgan fingerprint density at radius 1 is 1.27 bits per heavy atom. The summed E-state index contributed by atoms with van der Waals surface area (Å²) in [6, 6.07) is 3.39. The van der Waals surface area contributed by atoms with Gasteiger partial charge in [0.25, 0.3) is 5.91 Å². The zero-order valence-corrected chi connectivity index (χ0v) is 12.5. The number of primary amides is 1. The van der Waals surface area contributed by atoms with Crippen LogP contribution in [0, 0.1) is 5.92 Å². The van der Waals surface area contributed by atoms with E-state index in [-0.39, 0.29) is 11.8 Å². The molecule has 22 heavy (non-hydrogen) atoms. The first-order chi connectivity index (χ1) is 10.7. The van der Waals surface area contributed by atoms with Crippen molar-refractivity contribution < 1.29 is 9.59 Å². The van der Waals surface area contributed by atoms with Crippen molar-refractivity contribution >= 4 is 17.6 Å². The van der Waals surface area contributed by atoms with Crippen LogP contribution in [0.1, 0.15) is 16.8 Å². The second-order valence-electron chi connectivity index (χ2n) is 5.74. The molecule has 2 aliphatic rings. The van der Waals surface area contributed by atoms with Gasteiger partial charge in [0.2, 0.25) is 5.91 Å². The Labute approximate surface area is 129 Å². The number of carbonyl (C=O) groups is 2. The van der Waals surface area contributed by atoms with Gasteiger partial charge in [-0.25, -0.2) is 4.98 Å². The predicted molar refractivity (Wildman–Crippen MR) is 82.5 cm³/mol. The van der Waals surface area contributed by atoms with Crippen LogP contribution in [0.5, 0.6) is 0 Å². The Bertz CT molecular complexity index is 563. The molecule has 0 aromatic carbocycles. The standard InChI is InChI=1S/C15H21N5O2/c16-13(21)12-2-1-4-18-14(12)19-6-8-20(9-7-19)15(22)11-3-5-17-10-11/h1-2,4,11,17H,3,5-10H2,(H2,16,21). The summed E-state index contributed by atoms with van der Waals surface area (Å²) in [5, 5.41) is 3.23. The first-order valence-electron chi connectivity index (χ1n) is 7.66. The highest BCUT2D eigenvalue weighted by molar-refractivity contribution is 5.97. The normalized spacial score (nSPS) is 21.9. The van der Waals surface area contributed by atoms with Crippen LogP contribution in [0.4, 0.5) is 5.82 Å². The van der Waals surface area contributed by atoms with Gasteiger partial charge in [-0.15, -0.1) is 0 Å². The van der Waals surface area contributed by atoms with Crippen molar-refractivity contribution in [1.29, 1.82) is 0 Å². The number of anilines is 1. The zero-order chi connectivity index (χ0) is 15.5. The van der Waals surface area contributed by atoms with Gasteiger partial charge in [-0.05, 0) is 25.1 Å². The van der Waals surface area contributed by atoms with E-state index in [0.717, 1.165) is 19.5 Å². The van der Waals surface area contributed by atoms with E-state index in [1.165, 1.54) is 0 Å². The predicted octanol–water partition coefficient (Wildman–Crippen LogP) is -0.561. The van der Waals surface area contributed by atoms with Crippen molar-refractivity contribution in [1.82, 2.24) is 15.2 Å². The molecule has 3 heterocycles. The average molecular weight is 303 g/mol. The van der Waals surface area contributed by atoms with Gasteiger partial charge < -0.3 is 20.9 Å². The molecule has 1 aromatic heterocycles. The third-order valence-corrected chi connectivity index (χ3v) is 4.35. The van der Waals surface area contributed by atoms with E-state index < -0.39 is 5.91 Å². The molecule has 0 aliphatic carbocycles. The molecule has 0 radical (unpaired) electrons. The SMILES string of the molecule is NC(=O)c1cccnc1N1CCN(C(=O)C2CCNC2)CC1. The summed E-state index contributed by atoms with van der Waals surface area (Å²) in [5.41, 5.74) is 5.84. The molecule has 0 saturated carbocycles. The van der Waals surface area contributed by atoms with Crippen LogP contribution in [0.25, 0.3) is 0 Å². The molecule has 2 aliphatic heterocycles. The quantitative estimate of drug-likeness (QED) is 0.781. The summed E-state index contributed by atoms with van der Waals surface area (Å²) < 4.78 is 0. The fourth-order valence-corrected chi connectivity index (χ4v) is 3.10. The number of piperazine rings is 1. The Morgan fingerprint density at radius 2 is 2.05 bits per heavy atom. The monoisotopic (exact) mass is 303 g/mol. The van der Waals surface area contributed by atoms with Gasteiger partial charge in [0.05, 0.1) is 11.5 Å². The van der Waals surface area contributed by atoms with Crippen LogP contribution in [0.15, 0.2) is 18.3 Å². The largest absolute Gasteiger partial charge is 0.365 e. The van der Waals surface area contributed by atoms with Crippen LogP contribution in [-0.4, -0.2) is 61.0 Å². The van der Waals surface area contributed by atoms with Crippen molar-refractivity contribution in [3.05, 3.63) is 23.9 Å². The number of amides is 2. The smallest absolute Gasteiger partial charge is 0.252 e. The molecule has 0 bridgehead atoms. The number of pyridine rings is 1. The lowest BCUT2D eigenvalue weighted by atomic mass is 10.1. The van der Waals surface area contributed by atoms with E-state index in [4.69, 9.17) is 5.73 Å². The number of rotatable bonds is 3. The molecule has 118 valence electrons. The van der Waals surface area contributed by atoms with Gasteiger partial charge in [-0.2, -0.15) is 0 Å². The molecular weight excluding hydrogens is 282 g/mol. The fraction of sp³-hybridized carbons (Fsp3) is 0.533. The first kappa shape index (κ1) is 14.8. The van der Waals surface area contributed by atoms with E-state index in [2.05, 4.69) is 10.3 Å². The lowest BCUT2D eigenvalue weighted by Crippen LogP contribution is -2.51. The number of carbonyl (C=O) groups excluding carboxylic acids is 2. The molecule has 3 N–H and O–H groups in total. The maximum atomic E-state index is 12.4. The lowest BCUT2D eigenvalue weighted by molar-refractivity contribution is -0.135. The molecule has 7 nitrogen and oxygen atoms in total. The first-order valence-corrected chi connectivity index (χ1v) is 7.66. The minimum atomic E-state index is -0.473. The van der Waals surface area contributed by atoms with Crippen LogP contribution >= 0.6 is 0 Å². The van der Waals surface area contributed by atoms with Crippen LogP contribution < -0.4 is 16.0 Å². The third kappa shape index (κ3) is 2.89. The number of hydrogen-bond donors (Lipinski definition) is 2. The van der Waals surface area contributed by atoms with Crippen molar-refractivity contribution in [2.24, 2.45) is 11.7 Å². The molecule has 0 spiro atoms. The summed E-state index contributed by atoms with van der Waals surface area (Å²) in [7, 11) is 0. The lowest BCUT2D eigenvalue weighted by Gasteiger charge is -2.37. The van der Waals surface area contributed by atoms with Gasteiger partial charge in [0.15, 0.2) is 0 Å². The zero-order valence-electron chi connectivity index (χ0n) is 12.5. The third-order valence-electron chi connectivity index (χ3n) is 4.35. The highest BCUT2D eigenvalue weighted by Gasteiger charge is 2.30. The van der Waals surface area contributed by atoms with E-state index >= 15 is 0 Å². The van der Waals surface area contributed by atoms with Gasteiger partial charge in [-0.3, -0.25) is 9.59 Å². The topological polar surface area (TPSA) is 91.6 Å². The Morgan fingerprint density at radius 3 is 2.68 bits per heavy atom. The van der Waals surface area contributed by atoms with Crippen LogP contribution in [-0.2, 0) is 4.79 Å². The van der Waals surface area contributed by atoms with E-state index in [9.17, 15) is 9.59 Å². The van der Waals surface area contributed by atoms with Gasteiger partial charge in [0, 0.05) is 38.9 Å². The second-order valence-corrected chi connectivity index (χ2v) is 5.74. The Hall–Kier alpha value is -2.15. The minimum Gasteiger partial charge on any atom is -0.365 e. The average Bonchev–Trinajstić information content (AvgIpc) is 3.09. The molecule has 2 saturated heterocycles. The molecule has 1 aromatic rings. The summed E-state index contributed by atoms with van der Waals surface area (Å²) >= 11 is 0. The Kier molecular flexibility index (Phi) is 4.24. The van der Waals surface area contributed by atoms with Crippen molar-refractivity contribution in [2.75, 3.05) is 44.2 Å². The van der Waals surface area contributed by atoms with E-state index in [1.54, 1.807) is 18.3 Å². The molecule has 1 atom stereocenters. The van der Waals surface area contributed by atoms with Crippen LogP contribution in [0.2, 0.25) is 0 Å². The number of nitrogens with one attached hydrogen (secondary N) is 1. The second kappa shape index (κ2) is 6.31. The minimum absolute atomic E-state index is 0.114. The maximum absolute atomic E-state index is 12.4. The number of nitrogens with zero attached hydrogens (tertiary/aromatic N) is 3. The van der Waals surface area contributed by atoms with Crippen LogP contribution in [0.3, 0.4) is 0 Å². The summed E-state index contributed by atoms with van der Waals surface area (Å²) in [6.45, 7) is 4.36. The van der Waals surface area contributed by atoms with Crippen molar-refractivity contribution in [3.8, 4) is 0 Å². The summed E-state index contributed by atoms with van der Waals surface area (Å²) in [6.07, 6.45) is 2.58. The molecular formula is C15H21N5O2. The molecule has 1 unspecified atom stereocenters. The molecule has 7 heteroatoms. The number of hydrogen-bond acceptors (Lipinski definition) is 5. The molecule has 3 rings (SSSR count). The highest BCUT2D eigenvalue weighted by atomic mass is 16.2. The van der Waals surface area contributed by atoms with Crippen molar-refractivity contribution in [2.45, 2.75) is 6.42 Å². The summed E-state index contributed by atoms with van der Waals surface area (Å²) in [5.74, 6) is 0.492. The van der Waals surface area contributed by atoms with Gasteiger partial charge in [0.1, 0.15) is 5.82 Å². The van der Waals surface area contributed by atoms with Gasteiger partial charge in [-0.1, -0.05) is 0 Å². The Balaban J connectivity index is 1.64. The maximum Gasteiger partial charge on any atom is 0.252 e. The molecule has 2 amide bonds. The summed E-state index contributed by atoms with van der Waals surface area (Å²) in [4.78, 5) is 32.1. The van der Waals surface area contributed by atoms with E-state index in [1.807, 2.05) is 9.80 Å². The molecule has 2 fully saturated rings. The van der Waals surface area contributed by atoms with E-state index in [0.29, 0.717) is 37.6 Å². The van der Waals surface area contributed by atoms with Gasteiger partial charge >= 0.3 is 0 Å². The van der Waals surface area contributed by atoms with Crippen molar-refractivity contribution in [3.63, 3.8) is 0 Å². The number of aromatic nitrogens is 1.